The van der Waals surface area contributed by atoms with Gasteiger partial charge in [-0.15, -0.1) is 24.8 Å². The first-order valence-electron chi connectivity index (χ1n) is 4.90. The van der Waals surface area contributed by atoms with E-state index in [-0.39, 0.29) is 49.0 Å². The summed E-state index contributed by atoms with van der Waals surface area (Å²) in [5, 5.41) is 18.5. The van der Waals surface area contributed by atoms with Crippen molar-refractivity contribution >= 4 is 36.6 Å². The lowest BCUT2D eigenvalue weighted by atomic mass is 10.0. The van der Waals surface area contributed by atoms with Gasteiger partial charge >= 0.3 is 5.97 Å². The molecule has 0 spiro atoms. The number of alkyl halides is 1. The van der Waals surface area contributed by atoms with Crippen LogP contribution in [-0.4, -0.2) is 36.7 Å². The molecule has 0 aromatic heterocycles. The number of amidine groups is 1. The van der Waals surface area contributed by atoms with Crippen molar-refractivity contribution < 1.29 is 14.3 Å². The molecule has 1 aliphatic rings. The van der Waals surface area contributed by atoms with Crippen LogP contribution < -0.4 is 11.1 Å². The van der Waals surface area contributed by atoms with Gasteiger partial charge in [0.05, 0.1) is 5.92 Å². The number of rotatable bonds is 6. The first-order valence-corrected chi connectivity index (χ1v) is 4.90. The van der Waals surface area contributed by atoms with Crippen molar-refractivity contribution in [3.8, 4) is 0 Å². The third-order valence-corrected chi connectivity index (χ3v) is 2.78. The normalized spacial score (nSPS) is 22.7. The van der Waals surface area contributed by atoms with E-state index < -0.39 is 18.6 Å². The van der Waals surface area contributed by atoms with Crippen LogP contribution in [0.4, 0.5) is 4.39 Å². The quantitative estimate of drug-likeness (QED) is 0.426. The Morgan fingerprint density at radius 2 is 2.18 bits per heavy atom. The number of nitrogens with two attached hydrogens (primary N) is 1. The average Bonchev–Trinajstić information content (AvgIpc) is 2.94. The van der Waals surface area contributed by atoms with E-state index in [9.17, 15) is 9.18 Å². The first-order chi connectivity index (χ1) is 7.10. The molecular formula is C9H18Cl2FN3O2. The molecule has 3 atom stereocenters. The lowest BCUT2D eigenvalue weighted by Crippen LogP contribution is -2.29. The van der Waals surface area contributed by atoms with Gasteiger partial charge < -0.3 is 16.2 Å². The Morgan fingerprint density at radius 1 is 1.59 bits per heavy atom. The zero-order valence-electron chi connectivity index (χ0n) is 9.19. The van der Waals surface area contributed by atoms with Crippen molar-refractivity contribution in [3.63, 3.8) is 0 Å². The van der Waals surface area contributed by atoms with Crippen LogP contribution in [0.5, 0.6) is 0 Å². The van der Waals surface area contributed by atoms with Crippen molar-refractivity contribution in [1.29, 1.82) is 5.41 Å². The molecule has 0 aliphatic heterocycles. The maximum atomic E-state index is 11.9. The Bertz CT molecular complexity index is 269. The smallest absolute Gasteiger partial charge is 0.308 e. The van der Waals surface area contributed by atoms with Crippen LogP contribution in [0.15, 0.2) is 0 Å². The van der Waals surface area contributed by atoms with Crippen molar-refractivity contribution in [2.24, 2.45) is 23.5 Å². The van der Waals surface area contributed by atoms with Crippen LogP contribution in [0.2, 0.25) is 0 Å². The number of carboxylic acids is 1. The van der Waals surface area contributed by atoms with Gasteiger partial charge in [0.2, 0.25) is 0 Å². The van der Waals surface area contributed by atoms with Crippen LogP contribution in [0, 0.1) is 23.2 Å². The molecule has 0 radical (unpaired) electrons. The van der Waals surface area contributed by atoms with Gasteiger partial charge in [-0.3, -0.25) is 10.2 Å². The molecule has 0 aromatic carbocycles. The highest BCUT2D eigenvalue weighted by Gasteiger charge is 2.45. The van der Waals surface area contributed by atoms with Crippen LogP contribution in [0.25, 0.3) is 0 Å². The van der Waals surface area contributed by atoms with Crippen molar-refractivity contribution in [2.75, 3.05) is 19.8 Å². The molecule has 102 valence electrons. The van der Waals surface area contributed by atoms with Gasteiger partial charge in [-0.05, 0) is 18.3 Å². The summed E-state index contributed by atoms with van der Waals surface area (Å²) in [5.41, 5.74) is 5.36. The zero-order chi connectivity index (χ0) is 11.4. The van der Waals surface area contributed by atoms with Gasteiger partial charge in [0, 0.05) is 13.1 Å². The third-order valence-electron chi connectivity index (χ3n) is 2.78. The van der Waals surface area contributed by atoms with Crippen molar-refractivity contribution in [2.45, 2.75) is 6.42 Å². The summed E-state index contributed by atoms with van der Waals surface area (Å²) in [5.74, 6) is -1.24. The lowest BCUT2D eigenvalue weighted by molar-refractivity contribution is -0.142. The second-order valence-electron chi connectivity index (χ2n) is 3.83. The molecule has 0 bridgehead atoms. The fourth-order valence-corrected chi connectivity index (χ4v) is 1.76. The molecule has 1 rings (SSSR count). The molecule has 5 nitrogen and oxygen atoms in total. The van der Waals surface area contributed by atoms with E-state index in [1.807, 2.05) is 0 Å². The number of carboxylic acid groups (broad SMARTS) is 1. The maximum Gasteiger partial charge on any atom is 0.308 e. The molecule has 1 saturated carbocycles. The predicted molar refractivity (Wildman–Crippen MR) is 68.0 cm³/mol. The second kappa shape index (κ2) is 8.49. The molecule has 17 heavy (non-hydrogen) atoms. The van der Waals surface area contributed by atoms with Crippen LogP contribution >= 0.6 is 24.8 Å². The summed E-state index contributed by atoms with van der Waals surface area (Å²) < 4.78 is 11.9. The summed E-state index contributed by atoms with van der Waals surface area (Å²) >= 11 is 0. The van der Waals surface area contributed by atoms with E-state index >= 15 is 0 Å². The van der Waals surface area contributed by atoms with E-state index in [1.54, 1.807) is 0 Å². The van der Waals surface area contributed by atoms with Gasteiger partial charge in [-0.25, -0.2) is 4.39 Å². The number of hydrogen-bond acceptors (Lipinski definition) is 3. The molecule has 1 fully saturated rings. The number of nitrogens with one attached hydrogen (secondary N) is 2. The second-order valence-corrected chi connectivity index (χ2v) is 3.83. The fraction of sp³-hybridized carbons (Fsp3) is 0.778. The summed E-state index contributed by atoms with van der Waals surface area (Å²) in [7, 11) is 0. The largest absolute Gasteiger partial charge is 0.481 e. The van der Waals surface area contributed by atoms with Gasteiger partial charge in [-0.1, -0.05) is 0 Å². The Morgan fingerprint density at radius 3 is 2.59 bits per heavy atom. The Labute approximate surface area is 112 Å². The standard InChI is InChI=1S/C9H16FN3O2.2ClH/c10-2-8(12)13-4-5-1-6(5)7(3-11)9(14)15;;/h5-7H,1-4,11H2,(H2,12,13)(H,14,15);2*1H. The average molecular weight is 290 g/mol. The maximum absolute atomic E-state index is 11.9. The molecule has 0 amide bonds. The third kappa shape index (κ3) is 5.52. The fourth-order valence-electron chi connectivity index (χ4n) is 1.76. The van der Waals surface area contributed by atoms with Gasteiger partial charge in [0.15, 0.2) is 0 Å². The van der Waals surface area contributed by atoms with Gasteiger partial charge in [0.25, 0.3) is 0 Å². The molecule has 8 heteroatoms. The summed E-state index contributed by atoms with van der Waals surface area (Å²) in [6.45, 7) is -0.203. The van der Waals surface area contributed by atoms with Crippen LogP contribution in [0.1, 0.15) is 6.42 Å². The Hall–Kier alpha value is -0.590. The van der Waals surface area contributed by atoms with E-state index in [0.717, 1.165) is 6.42 Å². The van der Waals surface area contributed by atoms with Gasteiger partial charge in [0.1, 0.15) is 12.5 Å². The number of halogens is 3. The number of hydrogen-bond donors (Lipinski definition) is 4. The molecular weight excluding hydrogens is 272 g/mol. The SMILES string of the molecule is Cl.Cl.N=C(CF)NCC1CC1C(CN)C(=O)O. The lowest BCUT2D eigenvalue weighted by Gasteiger charge is -2.09. The molecule has 0 heterocycles. The summed E-state index contributed by atoms with van der Waals surface area (Å²) in [4.78, 5) is 10.7. The predicted octanol–water partition coefficient (Wildman–Crippen LogP) is 0.662. The highest BCUT2D eigenvalue weighted by molar-refractivity contribution is 5.85. The monoisotopic (exact) mass is 289 g/mol. The topological polar surface area (TPSA) is 99.2 Å². The molecule has 5 N–H and O–H groups in total. The van der Waals surface area contributed by atoms with E-state index in [4.69, 9.17) is 16.2 Å². The minimum Gasteiger partial charge on any atom is -0.481 e. The Balaban J connectivity index is 0. The van der Waals surface area contributed by atoms with Crippen LogP contribution in [0.3, 0.4) is 0 Å². The van der Waals surface area contributed by atoms with Crippen molar-refractivity contribution in [3.05, 3.63) is 0 Å². The highest BCUT2D eigenvalue weighted by Crippen LogP contribution is 2.43. The highest BCUT2D eigenvalue weighted by atomic mass is 35.5. The Kier molecular flexibility index (Phi) is 9.38. The van der Waals surface area contributed by atoms with E-state index in [2.05, 4.69) is 5.32 Å². The molecule has 1 aliphatic carbocycles. The number of carbonyl (C=O) groups is 1. The molecule has 0 aromatic rings. The summed E-state index contributed by atoms with van der Waals surface area (Å²) in [6.07, 6.45) is 0.792. The van der Waals surface area contributed by atoms with E-state index in [1.165, 1.54) is 0 Å². The minimum absolute atomic E-state index is 0. The zero-order valence-corrected chi connectivity index (χ0v) is 10.8. The summed E-state index contributed by atoms with van der Waals surface area (Å²) in [6, 6.07) is 0. The van der Waals surface area contributed by atoms with Crippen molar-refractivity contribution in [1.82, 2.24) is 5.32 Å². The van der Waals surface area contributed by atoms with Crippen LogP contribution in [-0.2, 0) is 4.79 Å². The van der Waals surface area contributed by atoms with Gasteiger partial charge in [-0.2, -0.15) is 0 Å². The molecule has 0 saturated heterocycles. The first kappa shape index (κ1) is 18.8. The molecule has 3 unspecified atom stereocenters. The van der Waals surface area contributed by atoms with E-state index in [0.29, 0.717) is 6.54 Å². The number of aliphatic carboxylic acids is 1. The minimum atomic E-state index is -0.870.